The Morgan fingerprint density at radius 2 is 1.82 bits per heavy atom. The van der Waals surface area contributed by atoms with E-state index in [1.807, 2.05) is 0 Å². The third kappa shape index (κ3) is 5.72. The van der Waals surface area contributed by atoms with Gasteiger partial charge in [0.15, 0.2) is 0 Å². The third-order valence-corrected chi connectivity index (χ3v) is 2.56. The average Bonchev–Trinajstić information content (AvgIpc) is 2.24. The molecule has 1 N–H and O–H groups in total. The van der Waals surface area contributed by atoms with E-state index in [9.17, 15) is 18.0 Å². The number of benzene rings is 1. The summed E-state index contributed by atoms with van der Waals surface area (Å²) in [6.07, 6.45) is -5.15. The number of rotatable bonds is 4. The first-order valence-electron chi connectivity index (χ1n) is 4.99. The van der Waals surface area contributed by atoms with Crippen LogP contribution >= 0.6 is 15.9 Å². The molecule has 2 nitrogen and oxygen atoms in total. The van der Waals surface area contributed by atoms with Crippen LogP contribution in [0.5, 0.6) is 0 Å². The normalized spacial score (nSPS) is 11.3. The van der Waals surface area contributed by atoms with Crippen LogP contribution in [0.1, 0.15) is 23.2 Å². The van der Waals surface area contributed by atoms with E-state index in [1.165, 1.54) is 0 Å². The van der Waals surface area contributed by atoms with E-state index in [4.69, 9.17) is 0 Å². The van der Waals surface area contributed by atoms with Crippen LogP contribution < -0.4 is 5.32 Å². The minimum atomic E-state index is -4.16. The first-order valence-corrected chi connectivity index (χ1v) is 5.78. The molecule has 17 heavy (non-hydrogen) atoms. The summed E-state index contributed by atoms with van der Waals surface area (Å²) in [6, 6.07) is 6.60. The summed E-state index contributed by atoms with van der Waals surface area (Å²) in [4.78, 5) is 11.5. The molecule has 0 bridgehead atoms. The third-order valence-electron chi connectivity index (χ3n) is 2.03. The number of carbonyl (C=O) groups is 1. The fraction of sp³-hybridized carbons (Fsp3) is 0.364. The molecule has 0 heterocycles. The molecular weight excluding hydrogens is 299 g/mol. The zero-order valence-corrected chi connectivity index (χ0v) is 10.4. The van der Waals surface area contributed by atoms with Gasteiger partial charge in [-0.15, -0.1) is 0 Å². The monoisotopic (exact) mass is 309 g/mol. The van der Waals surface area contributed by atoms with E-state index >= 15 is 0 Å². The lowest BCUT2D eigenvalue weighted by atomic mass is 10.2. The number of alkyl halides is 3. The van der Waals surface area contributed by atoms with Gasteiger partial charge in [0, 0.05) is 23.0 Å². The maximum atomic E-state index is 11.8. The SMILES string of the molecule is O=C(NCCCC(F)(F)F)c1ccc(Br)cc1. The zero-order chi connectivity index (χ0) is 12.9. The Morgan fingerprint density at radius 3 is 2.35 bits per heavy atom. The van der Waals surface area contributed by atoms with Gasteiger partial charge in [0.05, 0.1) is 0 Å². The second-order valence-corrected chi connectivity index (χ2v) is 4.40. The average molecular weight is 310 g/mol. The highest BCUT2D eigenvalue weighted by Gasteiger charge is 2.25. The number of nitrogens with one attached hydrogen (secondary N) is 1. The molecule has 0 aromatic heterocycles. The Labute approximate surface area is 105 Å². The highest BCUT2D eigenvalue weighted by Crippen LogP contribution is 2.20. The van der Waals surface area contributed by atoms with E-state index < -0.39 is 12.6 Å². The Kier molecular flexibility index (Phi) is 4.99. The number of carbonyl (C=O) groups excluding carboxylic acids is 1. The van der Waals surface area contributed by atoms with Crippen molar-refractivity contribution in [2.24, 2.45) is 0 Å². The molecule has 1 rings (SSSR count). The van der Waals surface area contributed by atoms with Gasteiger partial charge in [-0.1, -0.05) is 15.9 Å². The fourth-order valence-electron chi connectivity index (χ4n) is 1.19. The lowest BCUT2D eigenvalue weighted by Crippen LogP contribution is -2.25. The van der Waals surface area contributed by atoms with Gasteiger partial charge in [0.25, 0.3) is 5.91 Å². The fourth-order valence-corrected chi connectivity index (χ4v) is 1.46. The molecule has 0 spiro atoms. The highest BCUT2D eigenvalue weighted by atomic mass is 79.9. The Bertz CT molecular complexity index is 375. The summed E-state index contributed by atoms with van der Waals surface area (Å²) in [5, 5.41) is 2.44. The summed E-state index contributed by atoms with van der Waals surface area (Å²) in [5.41, 5.74) is 0.431. The smallest absolute Gasteiger partial charge is 0.352 e. The van der Waals surface area contributed by atoms with Crippen molar-refractivity contribution in [3.8, 4) is 0 Å². The molecule has 6 heteroatoms. The first kappa shape index (κ1) is 14.0. The molecule has 0 fully saturated rings. The number of hydrogen-bond donors (Lipinski definition) is 1. The molecule has 94 valence electrons. The van der Waals surface area contributed by atoms with Crippen LogP contribution in [0.4, 0.5) is 13.2 Å². The second-order valence-electron chi connectivity index (χ2n) is 3.48. The maximum absolute atomic E-state index is 11.8. The van der Waals surface area contributed by atoms with Gasteiger partial charge in [0.1, 0.15) is 0 Å². The number of halogens is 4. The van der Waals surface area contributed by atoms with Gasteiger partial charge >= 0.3 is 6.18 Å². The van der Waals surface area contributed by atoms with E-state index in [2.05, 4.69) is 21.2 Å². The summed E-state index contributed by atoms with van der Waals surface area (Å²) in [5.74, 6) is -0.361. The van der Waals surface area contributed by atoms with Crippen LogP contribution in [-0.2, 0) is 0 Å². The number of hydrogen-bond acceptors (Lipinski definition) is 1. The van der Waals surface area contributed by atoms with Crippen molar-refractivity contribution in [2.75, 3.05) is 6.54 Å². The lowest BCUT2D eigenvalue weighted by molar-refractivity contribution is -0.135. The molecule has 0 aliphatic rings. The van der Waals surface area contributed by atoms with Gasteiger partial charge in [0.2, 0.25) is 0 Å². The Hall–Kier alpha value is -1.04. The van der Waals surface area contributed by atoms with Crippen LogP contribution in [-0.4, -0.2) is 18.6 Å². The van der Waals surface area contributed by atoms with Crippen molar-refractivity contribution >= 4 is 21.8 Å². The van der Waals surface area contributed by atoms with Gasteiger partial charge in [-0.3, -0.25) is 4.79 Å². The van der Waals surface area contributed by atoms with Gasteiger partial charge in [-0.05, 0) is 30.7 Å². The molecule has 0 aliphatic heterocycles. The van der Waals surface area contributed by atoms with Crippen molar-refractivity contribution in [3.05, 3.63) is 34.3 Å². The Morgan fingerprint density at radius 1 is 1.24 bits per heavy atom. The number of amides is 1. The second kappa shape index (κ2) is 6.05. The predicted molar refractivity (Wildman–Crippen MR) is 61.8 cm³/mol. The van der Waals surface area contributed by atoms with Crippen molar-refractivity contribution in [2.45, 2.75) is 19.0 Å². The quantitative estimate of drug-likeness (QED) is 0.847. The van der Waals surface area contributed by atoms with Crippen molar-refractivity contribution in [1.82, 2.24) is 5.32 Å². The standard InChI is InChI=1S/C11H11BrF3NO/c12-9-4-2-8(3-5-9)10(17)16-7-1-6-11(13,14)15/h2-5H,1,6-7H2,(H,16,17). The molecule has 1 amide bonds. The molecular formula is C11H11BrF3NO. The predicted octanol–water partition coefficient (Wildman–Crippen LogP) is 3.52. The van der Waals surface area contributed by atoms with Crippen molar-refractivity contribution < 1.29 is 18.0 Å². The van der Waals surface area contributed by atoms with Gasteiger partial charge in [-0.25, -0.2) is 0 Å². The van der Waals surface area contributed by atoms with Gasteiger partial charge in [-0.2, -0.15) is 13.2 Å². The van der Waals surface area contributed by atoms with Crippen molar-refractivity contribution in [3.63, 3.8) is 0 Å². The summed E-state index contributed by atoms with van der Waals surface area (Å²) in [7, 11) is 0. The zero-order valence-electron chi connectivity index (χ0n) is 8.85. The summed E-state index contributed by atoms with van der Waals surface area (Å²) in [6.45, 7) is 0.0222. The molecule has 1 aromatic rings. The van der Waals surface area contributed by atoms with E-state index in [0.29, 0.717) is 5.56 Å². The Balaban J connectivity index is 2.33. The molecule has 1 aromatic carbocycles. The summed E-state index contributed by atoms with van der Waals surface area (Å²) >= 11 is 3.22. The van der Waals surface area contributed by atoms with E-state index in [0.717, 1.165) is 4.47 Å². The molecule has 0 aliphatic carbocycles. The first-order chi connectivity index (χ1) is 7.88. The maximum Gasteiger partial charge on any atom is 0.389 e. The minimum absolute atomic E-state index is 0.0222. The summed E-state index contributed by atoms with van der Waals surface area (Å²) < 4.78 is 36.3. The van der Waals surface area contributed by atoms with Crippen LogP contribution in [0.25, 0.3) is 0 Å². The largest absolute Gasteiger partial charge is 0.389 e. The van der Waals surface area contributed by atoms with Crippen LogP contribution in [0, 0.1) is 0 Å². The van der Waals surface area contributed by atoms with Crippen LogP contribution in [0.3, 0.4) is 0 Å². The minimum Gasteiger partial charge on any atom is -0.352 e. The van der Waals surface area contributed by atoms with Crippen LogP contribution in [0.15, 0.2) is 28.7 Å². The van der Waals surface area contributed by atoms with Crippen molar-refractivity contribution in [1.29, 1.82) is 0 Å². The molecule has 0 radical (unpaired) electrons. The van der Waals surface area contributed by atoms with E-state index in [-0.39, 0.29) is 18.9 Å². The molecule has 0 atom stereocenters. The molecule has 0 saturated carbocycles. The van der Waals surface area contributed by atoms with Gasteiger partial charge < -0.3 is 5.32 Å². The topological polar surface area (TPSA) is 29.1 Å². The lowest BCUT2D eigenvalue weighted by Gasteiger charge is -2.07. The van der Waals surface area contributed by atoms with Crippen LogP contribution in [0.2, 0.25) is 0 Å². The highest BCUT2D eigenvalue weighted by molar-refractivity contribution is 9.10. The molecule has 0 unspecified atom stereocenters. The van der Waals surface area contributed by atoms with E-state index in [1.54, 1.807) is 24.3 Å². The molecule has 0 saturated heterocycles.